The molecule has 0 aliphatic rings. The van der Waals surface area contributed by atoms with Gasteiger partial charge in [-0.2, -0.15) is 0 Å². The Balaban J connectivity index is 4.05. The van der Waals surface area contributed by atoms with Crippen LogP contribution in [0.3, 0.4) is 0 Å². The Morgan fingerprint density at radius 3 is 2.67 bits per heavy atom. The molecule has 0 aliphatic heterocycles. The highest BCUT2D eigenvalue weighted by atomic mass is 127. The van der Waals surface area contributed by atoms with Crippen molar-refractivity contribution in [1.82, 2.24) is 0 Å². The van der Waals surface area contributed by atoms with Gasteiger partial charge in [0.2, 0.25) is 0 Å². The van der Waals surface area contributed by atoms with E-state index in [9.17, 15) is 0 Å². The molecule has 2 nitrogen and oxygen atoms in total. The maximum absolute atomic E-state index is 5.36. The summed E-state index contributed by atoms with van der Waals surface area (Å²) in [4.78, 5) is 3.88. The number of nitrogens with zero attached hydrogens (tertiary/aromatic N) is 1. The van der Waals surface area contributed by atoms with Crippen molar-refractivity contribution in [3.8, 4) is 0 Å². The second kappa shape index (κ2) is 4.55. The molecule has 2 N–H and O–H groups in total. The molecule has 0 fully saturated rings. The van der Waals surface area contributed by atoms with Crippen LogP contribution in [0.2, 0.25) is 0 Å². The fraction of sp³-hybridized carbons (Fsp3) is 0.167. The highest BCUT2D eigenvalue weighted by Gasteiger charge is 1.81. The Morgan fingerprint density at radius 2 is 2.33 bits per heavy atom. The van der Waals surface area contributed by atoms with Crippen LogP contribution >= 0.6 is 22.6 Å². The number of hydrogen-bond donors (Lipinski definition) is 1. The number of halogens is 1. The summed E-state index contributed by atoms with van der Waals surface area (Å²) in [7, 11) is 0. The third-order valence-corrected chi connectivity index (χ3v) is 0.953. The van der Waals surface area contributed by atoms with Gasteiger partial charge >= 0.3 is 0 Å². The predicted molar refractivity (Wildman–Crippen MR) is 49.6 cm³/mol. The SMILES string of the molecule is C=C/N=C(C)\C=C(/N)I. The van der Waals surface area contributed by atoms with Crippen molar-refractivity contribution in [2.45, 2.75) is 6.92 Å². The third-order valence-electron chi connectivity index (χ3n) is 0.642. The zero-order chi connectivity index (χ0) is 7.28. The minimum absolute atomic E-state index is 0.732. The molecular formula is C6H9IN2. The quantitative estimate of drug-likeness (QED) is 0.443. The van der Waals surface area contributed by atoms with Crippen LogP contribution in [-0.4, -0.2) is 5.71 Å². The van der Waals surface area contributed by atoms with Crippen molar-refractivity contribution < 1.29 is 0 Å². The summed E-state index contributed by atoms with van der Waals surface area (Å²) in [6, 6.07) is 0. The molecule has 0 aliphatic carbocycles. The van der Waals surface area contributed by atoms with E-state index in [2.05, 4.69) is 11.6 Å². The smallest absolute Gasteiger partial charge is 0.0723 e. The monoisotopic (exact) mass is 236 g/mol. The maximum atomic E-state index is 5.36. The first-order valence-electron chi connectivity index (χ1n) is 2.45. The average Bonchev–Trinajstić information content (AvgIpc) is 1.63. The first kappa shape index (κ1) is 8.68. The van der Waals surface area contributed by atoms with Crippen molar-refractivity contribution in [2.24, 2.45) is 10.7 Å². The molecule has 0 aromatic heterocycles. The largest absolute Gasteiger partial charge is 0.394 e. The first-order valence-corrected chi connectivity index (χ1v) is 3.52. The summed E-state index contributed by atoms with van der Waals surface area (Å²) in [5, 5.41) is 0. The fourth-order valence-corrected chi connectivity index (χ4v) is 0.831. The van der Waals surface area contributed by atoms with E-state index in [1.807, 2.05) is 29.5 Å². The van der Waals surface area contributed by atoms with Gasteiger partial charge in [0.1, 0.15) is 0 Å². The molecule has 0 saturated carbocycles. The van der Waals surface area contributed by atoms with Crippen LogP contribution in [0, 0.1) is 0 Å². The third kappa shape index (κ3) is 5.55. The van der Waals surface area contributed by atoms with Crippen molar-refractivity contribution in [2.75, 3.05) is 0 Å². The Hall–Kier alpha value is -0.320. The highest BCUT2D eigenvalue weighted by molar-refractivity contribution is 14.1. The molecule has 0 bridgehead atoms. The Bertz CT molecular complexity index is 154. The predicted octanol–water partition coefficient (Wildman–Crippen LogP) is 1.83. The molecule has 0 aromatic carbocycles. The molecule has 0 rings (SSSR count). The van der Waals surface area contributed by atoms with Crippen molar-refractivity contribution in [3.05, 3.63) is 22.6 Å². The van der Waals surface area contributed by atoms with Crippen molar-refractivity contribution >= 4 is 28.3 Å². The molecule has 0 saturated heterocycles. The van der Waals surface area contributed by atoms with E-state index in [1.165, 1.54) is 6.20 Å². The average molecular weight is 236 g/mol. The maximum Gasteiger partial charge on any atom is 0.0723 e. The zero-order valence-corrected chi connectivity index (χ0v) is 7.42. The van der Waals surface area contributed by atoms with Gasteiger partial charge in [0.25, 0.3) is 0 Å². The lowest BCUT2D eigenvalue weighted by molar-refractivity contribution is 1.53. The number of rotatable bonds is 2. The van der Waals surface area contributed by atoms with Gasteiger partial charge in [-0.15, -0.1) is 0 Å². The summed E-state index contributed by atoms with van der Waals surface area (Å²) in [5.41, 5.74) is 6.23. The molecule has 3 heteroatoms. The highest BCUT2D eigenvalue weighted by Crippen LogP contribution is 1.95. The Kier molecular flexibility index (Phi) is 4.39. The Labute approximate surface area is 68.7 Å². The molecule has 50 valence electrons. The first-order chi connectivity index (χ1) is 4.16. The van der Waals surface area contributed by atoms with Crippen LogP contribution in [0.4, 0.5) is 0 Å². The van der Waals surface area contributed by atoms with E-state index < -0.39 is 0 Å². The number of nitrogens with two attached hydrogens (primary N) is 1. The number of aliphatic imine (C=N–C) groups is 1. The molecule has 0 radical (unpaired) electrons. The summed E-state index contributed by atoms with van der Waals surface area (Å²) in [5.74, 6) is 0. The van der Waals surface area contributed by atoms with Gasteiger partial charge < -0.3 is 5.73 Å². The molecule has 0 heterocycles. The van der Waals surface area contributed by atoms with Gasteiger partial charge in [0, 0.05) is 11.9 Å². The van der Waals surface area contributed by atoms with Crippen LogP contribution < -0.4 is 5.73 Å². The molecule has 0 spiro atoms. The molecule has 0 aromatic rings. The van der Waals surface area contributed by atoms with Gasteiger partial charge in [-0.05, 0) is 35.6 Å². The molecule has 0 unspecified atom stereocenters. The standard InChI is InChI=1S/C6H9IN2/c1-3-9-5(2)4-6(7)8/h3-4H,1,8H2,2H3/b6-4-,9-5-. The van der Waals surface area contributed by atoms with Crippen LogP contribution in [0.1, 0.15) is 6.92 Å². The van der Waals surface area contributed by atoms with E-state index in [-0.39, 0.29) is 0 Å². The Morgan fingerprint density at radius 1 is 1.78 bits per heavy atom. The second-order valence-corrected chi connectivity index (χ2v) is 2.73. The topological polar surface area (TPSA) is 38.4 Å². The number of hydrogen-bond acceptors (Lipinski definition) is 2. The van der Waals surface area contributed by atoms with Crippen LogP contribution in [0.5, 0.6) is 0 Å². The minimum atomic E-state index is 0.732. The van der Waals surface area contributed by atoms with Crippen LogP contribution in [-0.2, 0) is 0 Å². The van der Waals surface area contributed by atoms with Crippen molar-refractivity contribution in [3.63, 3.8) is 0 Å². The minimum Gasteiger partial charge on any atom is -0.394 e. The number of allylic oxidation sites excluding steroid dienone is 1. The van der Waals surface area contributed by atoms with Gasteiger partial charge in [-0.1, -0.05) is 6.58 Å². The lowest BCUT2D eigenvalue weighted by atomic mass is 10.4. The molecule has 9 heavy (non-hydrogen) atoms. The second-order valence-electron chi connectivity index (χ2n) is 1.48. The molecule has 0 amide bonds. The molecule has 0 atom stereocenters. The van der Waals surface area contributed by atoms with E-state index >= 15 is 0 Å². The van der Waals surface area contributed by atoms with E-state index in [0.29, 0.717) is 0 Å². The van der Waals surface area contributed by atoms with E-state index in [1.54, 1.807) is 6.08 Å². The lowest BCUT2D eigenvalue weighted by Crippen LogP contribution is -1.91. The van der Waals surface area contributed by atoms with E-state index in [4.69, 9.17) is 5.73 Å². The van der Waals surface area contributed by atoms with Crippen molar-refractivity contribution in [1.29, 1.82) is 0 Å². The molecular weight excluding hydrogens is 227 g/mol. The summed E-state index contributed by atoms with van der Waals surface area (Å²) in [6.07, 6.45) is 3.27. The van der Waals surface area contributed by atoms with Gasteiger partial charge in [-0.3, -0.25) is 4.99 Å². The fourth-order valence-electron chi connectivity index (χ4n) is 0.381. The van der Waals surface area contributed by atoms with Crippen LogP contribution in [0.25, 0.3) is 0 Å². The normalized spacial score (nSPS) is 13.6. The lowest BCUT2D eigenvalue weighted by Gasteiger charge is -1.87. The van der Waals surface area contributed by atoms with Gasteiger partial charge in [0.15, 0.2) is 0 Å². The van der Waals surface area contributed by atoms with Crippen LogP contribution in [0.15, 0.2) is 27.6 Å². The van der Waals surface area contributed by atoms with Gasteiger partial charge in [-0.25, -0.2) is 0 Å². The summed E-state index contributed by atoms with van der Waals surface area (Å²) >= 11 is 2.02. The van der Waals surface area contributed by atoms with E-state index in [0.717, 1.165) is 9.42 Å². The summed E-state index contributed by atoms with van der Waals surface area (Å²) in [6.45, 7) is 5.32. The van der Waals surface area contributed by atoms with Gasteiger partial charge in [0.05, 0.1) is 3.70 Å². The summed E-state index contributed by atoms with van der Waals surface area (Å²) < 4.78 is 0.732. The zero-order valence-electron chi connectivity index (χ0n) is 5.26.